The van der Waals surface area contributed by atoms with Crippen LogP contribution in [0.5, 0.6) is 5.75 Å². The highest BCUT2D eigenvalue weighted by molar-refractivity contribution is 5.98. The van der Waals surface area contributed by atoms with Crippen LogP contribution in [0.3, 0.4) is 0 Å². The molecule has 0 atom stereocenters. The van der Waals surface area contributed by atoms with Gasteiger partial charge in [-0.2, -0.15) is 0 Å². The maximum Gasteiger partial charge on any atom is 0.359 e. The van der Waals surface area contributed by atoms with Gasteiger partial charge in [-0.05, 0) is 19.1 Å². The van der Waals surface area contributed by atoms with Crippen molar-refractivity contribution in [3.8, 4) is 5.75 Å². The number of nitrogens with zero attached hydrogens (tertiary/aromatic N) is 1. The molecule has 0 bridgehead atoms. The number of carbonyl (C=O) groups excluding carboxylic acids is 1. The molecule has 18 heavy (non-hydrogen) atoms. The standard InChI is InChI=1S/C13H14N2O3/c1-3-18-13(16)12-9(14)7-8-5-4-6-10(17-2)11(8)15-12/h4-7H,3,14H2,1-2H3. The Kier molecular flexibility index (Phi) is 3.32. The first-order valence-electron chi connectivity index (χ1n) is 5.57. The minimum atomic E-state index is -0.525. The molecular formula is C13H14N2O3. The largest absolute Gasteiger partial charge is 0.494 e. The van der Waals surface area contributed by atoms with Crippen molar-refractivity contribution in [1.29, 1.82) is 0 Å². The molecule has 94 valence electrons. The van der Waals surface area contributed by atoms with Gasteiger partial charge >= 0.3 is 5.97 Å². The Balaban J connectivity index is 2.62. The number of fused-ring (bicyclic) bond motifs is 1. The maximum atomic E-state index is 11.7. The minimum Gasteiger partial charge on any atom is -0.494 e. The molecule has 0 radical (unpaired) electrons. The van der Waals surface area contributed by atoms with Crippen molar-refractivity contribution in [3.05, 3.63) is 30.0 Å². The van der Waals surface area contributed by atoms with E-state index in [4.69, 9.17) is 15.2 Å². The van der Waals surface area contributed by atoms with Crippen LogP contribution in [0.4, 0.5) is 5.69 Å². The summed E-state index contributed by atoms with van der Waals surface area (Å²) in [6.07, 6.45) is 0. The van der Waals surface area contributed by atoms with Gasteiger partial charge in [0.15, 0.2) is 5.69 Å². The van der Waals surface area contributed by atoms with Gasteiger partial charge in [0.25, 0.3) is 0 Å². The quantitative estimate of drug-likeness (QED) is 0.838. The highest BCUT2D eigenvalue weighted by Crippen LogP contribution is 2.26. The van der Waals surface area contributed by atoms with E-state index in [2.05, 4.69) is 4.98 Å². The molecule has 5 nitrogen and oxygen atoms in total. The second-order valence-corrected chi connectivity index (χ2v) is 3.68. The number of ether oxygens (including phenoxy) is 2. The van der Waals surface area contributed by atoms with Crippen LogP contribution in [0.25, 0.3) is 10.9 Å². The van der Waals surface area contributed by atoms with Crippen LogP contribution in [0.15, 0.2) is 24.3 Å². The van der Waals surface area contributed by atoms with Gasteiger partial charge in [0.05, 0.1) is 19.4 Å². The summed E-state index contributed by atoms with van der Waals surface area (Å²) in [6.45, 7) is 2.01. The van der Waals surface area contributed by atoms with Gasteiger partial charge in [0.2, 0.25) is 0 Å². The van der Waals surface area contributed by atoms with Crippen LogP contribution >= 0.6 is 0 Å². The Morgan fingerprint density at radius 3 is 2.89 bits per heavy atom. The number of nitrogens with two attached hydrogens (primary N) is 1. The molecule has 1 aromatic heterocycles. The van der Waals surface area contributed by atoms with Crippen molar-refractivity contribution in [2.45, 2.75) is 6.92 Å². The first-order valence-corrected chi connectivity index (χ1v) is 5.57. The van der Waals surface area contributed by atoms with E-state index in [1.807, 2.05) is 12.1 Å². The third-order valence-corrected chi connectivity index (χ3v) is 2.53. The van der Waals surface area contributed by atoms with E-state index in [0.717, 1.165) is 5.39 Å². The van der Waals surface area contributed by atoms with Gasteiger partial charge in [0, 0.05) is 5.39 Å². The summed E-state index contributed by atoms with van der Waals surface area (Å²) in [5, 5.41) is 0.819. The third-order valence-electron chi connectivity index (χ3n) is 2.53. The zero-order chi connectivity index (χ0) is 13.1. The first-order chi connectivity index (χ1) is 8.67. The van der Waals surface area contributed by atoms with Gasteiger partial charge in [-0.3, -0.25) is 0 Å². The lowest BCUT2D eigenvalue weighted by atomic mass is 10.1. The van der Waals surface area contributed by atoms with Gasteiger partial charge in [0.1, 0.15) is 11.3 Å². The van der Waals surface area contributed by atoms with E-state index in [0.29, 0.717) is 17.0 Å². The Morgan fingerprint density at radius 2 is 2.22 bits per heavy atom. The summed E-state index contributed by atoms with van der Waals surface area (Å²) in [7, 11) is 1.55. The van der Waals surface area contributed by atoms with E-state index < -0.39 is 5.97 Å². The van der Waals surface area contributed by atoms with Crippen LogP contribution in [-0.2, 0) is 4.74 Å². The topological polar surface area (TPSA) is 74.4 Å². The third kappa shape index (κ3) is 2.07. The average molecular weight is 246 g/mol. The Hall–Kier alpha value is -2.30. The number of esters is 1. The van der Waals surface area contributed by atoms with Crippen LogP contribution < -0.4 is 10.5 Å². The molecule has 1 aromatic carbocycles. The number of hydrogen-bond acceptors (Lipinski definition) is 5. The Labute approximate surface area is 105 Å². The summed E-state index contributed by atoms with van der Waals surface area (Å²) in [6, 6.07) is 7.17. The molecule has 0 amide bonds. The summed E-state index contributed by atoms with van der Waals surface area (Å²) in [4.78, 5) is 15.9. The highest BCUT2D eigenvalue weighted by atomic mass is 16.5. The number of benzene rings is 1. The molecule has 0 spiro atoms. The molecule has 5 heteroatoms. The van der Waals surface area contributed by atoms with Crippen molar-refractivity contribution in [1.82, 2.24) is 4.98 Å². The lowest BCUT2D eigenvalue weighted by Crippen LogP contribution is -2.10. The number of para-hydroxylation sites is 1. The summed E-state index contributed by atoms with van der Waals surface area (Å²) >= 11 is 0. The second kappa shape index (κ2) is 4.91. The van der Waals surface area contributed by atoms with Crippen LogP contribution in [0.2, 0.25) is 0 Å². The van der Waals surface area contributed by atoms with Crippen molar-refractivity contribution < 1.29 is 14.3 Å². The fraction of sp³-hybridized carbons (Fsp3) is 0.231. The number of methoxy groups -OCH3 is 1. The smallest absolute Gasteiger partial charge is 0.359 e. The number of hydrogen-bond donors (Lipinski definition) is 1. The zero-order valence-electron chi connectivity index (χ0n) is 10.3. The second-order valence-electron chi connectivity index (χ2n) is 3.68. The van der Waals surface area contributed by atoms with Crippen molar-refractivity contribution >= 4 is 22.6 Å². The molecule has 2 rings (SSSR count). The Morgan fingerprint density at radius 1 is 1.44 bits per heavy atom. The molecule has 1 heterocycles. The van der Waals surface area contributed by atoms with E-state index in [1.165, 1.54) is 0 Å². The van der Waals surface area contributed by atoms with Crippen molar-refractivity contribution in [2.75, 3.05) is 19.5 Å². The predicted octanol–water partition coefficient (Wildman–Crippen LogP) is 2.00. The van der Waals surface area contributed by atoms with Crippen LogP contribution in [0, 0.1) is 0 Å². The van der Waals surface area contributed by atoms with E-state index in [9.17, 15) is 4.79 Å². The van der Waals surface area contributed by atoms with Gasteiger partial charge < -0.3 is 15.2 Å². The molecule has 0 aliphatic heterocycles. The van der Waals surface area contributed by atoms with Gasteiger partial charge in [-0.1, -0.05) is 12.1 Å². The molecule has 0 fully saturated rings. The molecule has 2 N–H and O–H groups in total. The van der Waals surface area contributed by atoms with Crippen LogP contribution in [0.1, 0.15) is 17.4 Å². The fourth-order valence-electron chi connectivity index (χ4n) is 1.72. The minimum absolute atomic E-state index is 0.119. The zero-order valence-corrected chi connectivity index (χ0v) is 10.3. The van der Waals surface area contributed by atoms with Crippen molar-refractivity contribution in [2.24, 2.45) is 0 Å². The Bertz CT molecular complexity index is 596. The molecular weight excluding hydrogens is 232 g/mol. The molecule has 0 saturated carbocycles. The number of pyridine rings is 1. The molecule has 2 aromatic rings. The molecule has 0 aliphatic rings. The maximum absolute atomic E-state index is 11.7. The van der Waals surface area contributed by atoms with E-state index in [-0.39, 0.29) is 12.3 Å². The SMILES string of the molecule is CCOC(=O)c1nc2c(OC)cccc2cc1N. The van der Waals surface area contributed by atoms with Crippen molar-refractivity contribution in [3.63, 3.8) is 0 Å². The molecule has 0 aliphatic carbocycles. The molecule has 0 saturated heterocycles. The van der Waals surface area contributed by atoms with E-state index in [1.54, 1.807) is 26.2 Å². The number of nitrogen functional groups attached to an aromatic ring is 1. The van der Waals surface area contributed by atoms with Crippen LogP contribution in [-0.4, -0.2) is 24.7 Å². The highest BCUT2D eigenvalue weighted by Gasteiger charge is 2.15. The normalized spacial score (nSPS) is 10.3. The molecule has 0 unspecified atom stereocenters. The predicted molar refractivity (Wildman–Crippen MR) is 68.7 cm³/mol. The summed E-state index contributed by atoms with van der Waals surface area (Å²) < 4.78 is 10.1. The average Bonchev–Trinajstić information content (AvgIpc) is 2.37. The summed E-state index contributed by atoms with van der Waals surface area (Å²) in [5.41, 5.74) is 6.82. The van der Waals surface area contributed by atoms with Gasteiger partial charge in [-0.25, -0.2) is 9.78 Å². The summed E-state index contributed by atoms with van der Waals surface area (Å²) in [5.74, 6) is 0.0702. The lowest BCUT2D eigenvalue weighted by Gasteiger charge is -2.08. The fourth-order valence-corrected chi connectivity index (χ4v) is 1.72. The lowest BCUT2D eigenvalue weighted by molar-refractivity contribution is 0.0521. The monoisotopic (exact) mass is 246 g/mol. The number of rotatable bonds is 3. The first kappa shape index (κ1) is 12.2. The van der Waals surface area contributed by atoms with E-state index >= 15 is 0 Å². The number of aromatic nitrogens is 1. The number of anilines is 1. The van der Waals surface area contributed by atoms with Gasteiger partial charge in [-0.15, -0.1) is 0 Å². The number of carbonyl (C=O) groups is 1.